The second-order valence-corrected chi connectivity index (χ2v) is 5.49. The predicted octanol–water partition coefficient (Wildman–Crippen LogP) is 3.07. The highest BCUT2D eigenvalue weighted by Crippen LogP contribution is 2.32. The van der Waals surface area contributed by atoms with Crippen LogP contribution in [0, 0.1) is 0 Å². The highest BCUT2D eigenvalue weighted by Gasteiger charge is 2.31. The first-order chi connectivity index (χ1) is 9.04. The van der Waals surface area contributed by atoms with Crippen molar-refractivity contribution in [3.05, 3.63) is 18.2 Å². The molecule has 1 aromatic rings. The number of hydrogen-bond acceptors (Lipinski definition) is 4. The maximum absolute atomic E-state index is 5.96. The van der Waals surface area contributed by atoms with E-state index in [1.54, 1.807) is 14.2 Å². The van der Waals surface area contributed by atoms with Crippen LogP contribution >= 0.6 is 0 Å². The molecule has 0 bridgehead atoms. The zero-order chi connectivity index (χ0) is 13.9. The number of nitrogens with one attached hydrogen (secondary N) is 1. The number of methoxy groups -OCH3 is 2. The van der Waals surface area contributed by atoms with Gasteiger partial charge in [0.25, 0.3) is 0 Å². The van der Waals surface area contributed by atoms with Gasteiger partial charge in [-0.2, -0.15) is 0 Å². The molecule has 106 valence electrons. The predicted molar refractivity (Wildman–Crippen MR) is 76.2 cm³/mol. The van der Waals surface area contributed by atoms with Gasteiger partial charge < -0.3 is 19.5 Å². The molecule has 19 heavy (non-hydrogen) atoms. The van der Waals surface area contributed by atoms with Gasteiger partial charge in [0.1, 0.15) is 11.5 Å². The van der Waals surface area contributed by atoms with Crippen LogP contribution in [0.25, 0.3) is 0 Å². The highest BCUT2D eigenvalue weighted by atomic mass is 16.5. The first kappa shape index (κ1) is 14.0. The number of hydrogen-bond donors (Lipinski definition) is 1. The molecule has 1 atom stereocenters. The Morgan fingerprint density at radius 3 is 2.68 bits per heavy atom. The van der Waals surface area contributed by atoms with E-state index in [9.17, 15) is 0 Å². The van der Waals surface area contributed by atoms with Crippen LogP contribution in [0.2, 0.25) is 0 Å². The van der Waals surface area contributed by atoms with Gasteiger partial charge in [-0.25, -0.2) is 0 Å². The number of ether oxygens (including phenoxy) is 3. The minimum Gasteiger partial charge on any atom is -0.497 e. The van der Waals surface area contributed by atoms with Crippen LogP contribution in [-0.4, -0.2) is 32.5 Å². The van der Waals surface area contributed by atoms with E-state index in [0.717, 1.165) is 36.6 Å². The van der Waals surface area contributed by atoms with Crippen molar-refractivity contribution in [1.82, 2.24) is 0 Å². The Bertz CT molecular complexity index is 431. The van der Waals surface area contributed by atoms with Crippen molar-refractivity contribution in [2.75, 3.05) is 26.1 Å². The molecule has 1 fully saturated rings. The molecule has 0 aromatic heterocycles. The van der Waals surface area contributed by atoms with Crippen LogP contribution in [0.15, 0.2) is 18.2 Å². The van der Waals surface area contributed by atoms with Crippen LogP contribution < -0.4 is 14.8 Å². The van der Waals surface area contributed by atoms with Crippen molar-refractivity contribution in [3.63, 3.8) is 0 Å². The van der Waals surface area contributed by atoms with E-state index < -0.39 is 0 Å². The Kier molecular flexibility index (Phi) is 4.20. The quantitative estimate of drug-likeness (QED) is 0.888. The Balaban J connectivity index is 1.96. The molecule has 0 spiro atoms. The fourth-order valence-electron chi connectivity index (χ4n) is 2.39. The Morgan fingerprint density at radius 2 is 2.11 bits per heavy atom. The van der Waals surface area contributed by atoms with Gasteiger partial charge in [-0.3, -0.25) is 0 Å². The molecule has 1 aliphatic rings. The van der Waals surface area contributed by atoms with Gasteiger partial charge in [0, 0.05) is 12.6 Å². The molecule has 0 aliphatic carbocycles. The van der Waals surface area contributed by atoms with Crippen LogP contribution in [0.5, 0.6) is 11.5 Å². The lowest BCUT2D eigenvalue weighted by molar-refractivity contribution is -0.00911. The Hall–Kier alpha value is -1.42. The fourth-order valence-corrected chi connectivity index (χ4v) is 2.39. The van der Waals surface area contributed by atoms with E-state index in [0.29, 0.717) is 0 Å². The molecule has 1 heterocycles. The summed E-state index contributed by atoms with van der Waals surface area (Å²) < 4.78 is 16.5. The summed E-state index contributed by atoms with van der Waals surface area (Å²) in [5, 5.41) is 3.39. The molecule has 0 radical (unpaired) electrons. The molecular weight excluding hydrogens is 242 g/mol. The standard InChI is InChI=1S/C15H23NO3/c1-15(2)8-7-12(19-15)10-16-13-6-5-11(17-3)9-14(13)18-4/h5-6,9,12,16H,7-8,10H2,1-4H3. The SMILES string of the molecule is COc1ccc(NCC2CCC(C)(C)O2)c(OC)c1. The molecule has 1 aromatic carbocycles. The van der Waals surface area contributed by atoms with Crippen molar-refractivity contribution < 1.29 is 14.2 Å². The number of benzene rings is 1. The summed E-state index contributed by atoms with van der Waals surface area (Å²) >= 11 is 0. The summed E-state index contributed by atoms with van der Waals surface area (Å²) in [6, 6.07) is 5.77. The highest BCUT2D eigenvalue weighted by molar-refractivity contribution is 5.59. The molecule has 1 aliphatic heterocycles. The summed E-state index contributed by atoms with van der Waals surface area (Å²) in [4.78, 5) is 0. The van der Waals surface area contributed by atoms with E-state index in [-0.39, 0.29) is 11.7 Å². The van der Waals surface area contributed by atoms with Crippen molar-refractivity contribution in [3.8, 4) is 11.5 Å². The van der Waals surface area contributed by atoms with Crippen LogP contribution in [0.1, 0.15) is 26.7 Å². The minimum atomic E-state index is 0.0103. The molecule has 0 amide bonds. The van der Waals surface area contributed by atoms with Gasteiger partial charge in [0.15, 0.2) is 0 Å². The first-order valence-corrected chi connectivity index (χ1v) is 6.68. The molecule has 1 unspecified atom stereocenters. The third kappa shape index (κ3) is 3.53. The molecular formula is C15H23NO3. The lowest BCUT2D eigenvalue weighted by Crippen LogP contribution is -2.24. The molecule has 0 saturated carbocycles. The van der Waals surface area contributed by atoms with Gasteiger partial charge >= 0.3 is 0 Å². The minimum absolute atomic E-state index is 0.0103. The normalized spacial score (nSPS) is 21.2. The van der Waals surface area contributed by atoms with Gasteiger partial charge in [-0.05, 0) is 38.8 Å². The van der Waals surface area contributed by atoms with Crippen molar-refractivity contribution in [2.45, 2.75) is 38.4 Å². The lowest BCUT2D eigenvalue weighted by Gasteiger charge is -2.20. The van der Waals surface area contributed by atoms with E-state index in [1.807, 2.05) is 18.2 Å². The second-order valence-electron chi connectivity index (χ2n) is 5.49. The molecule has 1 saturated heterocycles. The summed E-state index contributed by atoms with van der Waals surface area (Å²) in [6.45, 7) is 5.08. The summed E-state index contributed by atoms with van der Waals surface area (Å²) in [7, 11) is 3.31. The molecule has 4 heteroatoms. The van der Waals surface area contributed by atoms with Gasteiger partial charge in [0.2, 0.25) is 0 Å². The van der Waals surface area contributed by atoms with E-state index in [4.69, 9.17) is 14.2 Å². The Labute approximate surface area is 115 Å². The largest absolute Gasteiger partial charge is 0.497 e. The average molecular weight is 265 g/mol. The zero-order valence-corrected chi connectivity index (χ0v) is 12.2. The number of rotatable bonds is 5. The molecule has 2 rings (SSSR count). The van der Waals surface area contributed by atoms with E-state index in [1.165, 1.54) is 0 Å². The zero-order valence-electron chi connectivity index (χ0n) is 12.2. The monoisotopic (exact) mass is 265 g/mol. The van der Waals surface area contributed by atoms with Crippen molar-refractivity contribution in [2.24, 2.45) is 0 Å². The Morgan fingerprint density at radius 1 is 1.32 bits per heavy atom. The van der Waals surface area contributed by atoms with Crippen molar-refractivity contribution >= 4 is 5.69 Å². The lowest BCUT2D eigenvalue weighted by atomic mass is 10.1. The average Bonchev–Trinajstić information content (AvgIpc) is 2.75. The summed E-state index contributed by atoms with van der Waals surface area (Å²) in [6.07, 6.45) is 2.47. The van der Waals surface area contributed by atoms with E-state index in [2.05, 4.69) is 19.2 Å². The third-order valence-electron chi connectivity index (χ3n) is 3.48. The smallest absolute Gasteiger partial charge is 0.145 e. The summed E-state index contributed by atoms with van der Waals surface area (Å²) in [5.41, 5.74) is 0.979. The van der Waals surface area contributed by atoms with Crippen molar-refractivity contribution in [1.29, 1.82) is 0 Å². The molecule has 4 nitrogen and oxygen atoms in total. The number of anilines is 1. The van der Waals surface area contributed by atoms with Gasteiger partial charge in [0.05, 0.1) is 31.6 Å². The van der Waals surface area contributed by atoms with Crippen LogP contribution in [0.4, 0.5) is 5.69 Å². The van der Waals surface area contributed by atoms with Gasteiger partial charge in [-0.1, -0.05) is 0 Å². The third-order valence-corrected chi connectivity index (χ3v) is 3.48. The maximum atomic E-state index is 5.96. The van der Waals surface area contributed by atoms with E-state index >= 15 is 0 Å². The topological polar surface area (TPSA) is 39.7 Å². The van der Waals surface area contributed by atoms with Crippen LogP contribution in [0.3, 0.4) is 0 Å². The summed E-state index contributed by atoms with van der Waals surface area (Å²) in [5.74, 6) is 1.58. The second kappa shape index (κ2) is 5.70. The molecule has 1 N–H and O–H groups in total. The first-order valence-electron chi connectivity index (χ1n) is 6.68. The van der Waals surface area contributed by atoms with Gasteiger partial charge in [-0.15, -0.1) is 0 Å². The van der Waals surface area contributed by atoms with Crippen LogP contribution in [-0.2, 0) is 4.74 Å². The maximum Gasteiger partial charge on any atom is 0.145 e. The fraction of sp³-hybridized carbons (Fsp3) is 0.600.